The molecule has 0 bridgehead atoms. The predicted molar refractivity (Wildman–Crippen MR) is 105 cm³/mol. The number of carbonyl (C=O) groups excluding carboxylic acids is 2. The molecule has 1 aliphatic rings. The maximum Gasteiger partial charge on any atom is 0.258 e. The Morgan fingerprint density at radius 1 is 1.00 bits per heavy atom. The Balaban J connectivity index is 1.80. The molecule has 1 N–H and O–H groups in total. The van der Waals surface area contributed by atoms with Crippen LogP contribution in [-0.4, -0.2) is 24.9 Å². The monoisotopic (exact) mass is 370 g/mol. The van der Waals surface area contributed by atoms with E-state index in [1.807, 2.05) is 12.1 Å². The predicted octanol–water partition coefficient (Wildman–Crippen LogP) is 4.68. The molecule has 2 amide bonds. The van der Waals surface area contributed by atoms with Crippen LogP contribution < -0.4 is 10.2 Å². The Kier molecular flexibility index (Phi) is 5.94. The van der Waals surface area contributed by atoms with Crippen molar-refractivity contribution in [3.8, 4) is 0 Å². The first-order valence-electron chi connectivity index (χ1n) is 9.00. The number of nitrogens with zero attached hydrogens (tertiary/aromatic N) is 1. The smallest absolute Gasteiger partial charge is 0.258 e. The number of anilines is 1. The molecule has 0 spiro atoms. The number of carbonyl (C=O) groups is 2. The summed E-state index contributed by atoms with van der Waals surface area (Å²) >= 11 is 5.89. The average molecular weight is 371 g/mol. The van der Waals surface area contributed by atoms with E-state index in [9.17, 15) is 9.59 Å². The van der Waals surface area contributed by atoms with Crippen LogP contribution in [0, 0.1) is 0 Å². The van der Waals surface area contributed by atoms with Crippen LogP contribution in [0.15, 0.2) is 48.5 Å². The SMILES string of the molecule is CN(C(=O)c1ccc(Cl)cc1)c1ccccc1C(=O)NC1CCCCC1. The Bertz CT molecular complexity index is 783. The van der Waals surface area contributed by atoms with E-state index in [1.165, 1.54) is 11.3 Å². The number of benzene rings is 2. The van der Waals surface area contributed by atoms with Crippen molar-refractivity contribution < 1.29 is 9.59 Å². The molecule has 26 heavy (non-hydrogen) atoms. The number of hydrogen-bond acceptors (Lipinski definition) is 2. The van der Waals surface area contributed by atoms with Crippen LogP contribution in [0.25, 0.3) is 0 Å². The molecule has 0 saturated heterocycles. The highest BCUT2D eigenvalue weighted by atomic mass is 35.5. The van der Waals surface area contributed by atoms with E-state index in [4.69, 9.17) is 11.6 Å². The molecule has 0 radical (unpaired) electrons. The lowest BCUT2D eigenvalue weighted by atomic mass is 9.95. The summed E-state index contributed by atoms with van der Waals surface area (Å²) in [6, 6.07) is 14.2. The molecule has 0 aromatic heterocycles. The minimum Gasteiger partial charge on any atom is -0.349 e. The van der Waals surface area contributed by atoms with Gasteiger partial charge in [-0.1, -0.05) is 43.0 Å². The van der Waals surface area contributed by atoms with Gasteiger partial charge in [-0.05, 0) is 49.2 Å². The number of amides is 2. The third kappa shape index (κ3) is 4.25. The van der Waals surface area contributed by atoms with E-state index < -0.39 is 0 Å². The number of halogens is 1. The molecule has 3 rings (SSSR count). The van der Waals surface area contributed by atoms with E-state index in [0.717, 1.165) is 25.7 Å². The Labute approximate surface area is 159 Å². The van der Waals surface area contributed by atoms with Gasteiger partial charge in [-0.25, -0.2) is 0 Å². The Morgan fingerprint density at radius 3 is 2.35 bits per heavy atom. The normalized spacial score (nSPS) is 14.7. The van der Waals surface area contributed by atoms with Gasteiger partial charge in [0.15, 0.2) is 0 Å². The molecule has 0 atom stereocenters. The zero-order chi connectivity index (χ0) is 18.5. The van der Waals surface area contributed by atoms with Gasteiger partial charge in [0.05, 0.1) is 11.3 Å². The van der Waals surface area contributed by atoms with Gasteiger partial charge in [0, 0.05) is 23.7 Å². The summed E-state index contributed by atoms with van der Waals surface area (Å²) in [4.78, 5) is 27.1. The highest BCUT2D eigenvalue weighted by Crippen LogP contribution is 2.23. The van der Waals surface area contributed by atoms with Crippen molar-refractivity contribution in [2.45, 2.75) is 38.1 Å². The van der Waals surface area contributed by atoms with Crippen LogP contribution in [0.3, 0.4) is 0 Å². The lowest BCUT2D eigenvalue weighted by Crippen LogP contribution is -2.37. The molecule has 2 aromatic rings. The van der Waals surface area contributed by atoms with Crippen molar-refractivity contribution in [1.82, 2.24) is 5.32 Å². The van der Waals surface area contributed by atoms with E-state index >= 15 is 0 Å². The first kappa shape index (κ1) is 18.5. The fourth-order valence-corrected chi connectivity index (χ4v) is 3.49. The van der Waals surface area contributed by atoms with Gasteiger partial charge >= 0.3 is 0 Å². The molecule has 1 saturated carbocycles. The van der Waals surface area contributed by atoms with Crippen LogP contribution in [-0.2, 0) is 0 Å². The van der Waals surface area contributed by atoms with Crippen LogP contribution in [0.4, 0.5) is 5.69 Å². The van der Waals surface area contributed by atoms with Crippen LogP contribution in [0.2, 0.25) is 5.02 Å². The van der Waals surface area contributed by atoms with Crippen molar-refractivity contribution in [1.29, 1.82) is 0 Å². The lowest BCUT2D eigenvalue weighted by molar-refractivity contribution is 0.0928. The molecule has 0 aliphatic heterocycles. The third-order valence-electron chi connectivity index (χ3n) is 4.85. The first-order chi connectivity index (χ1) is 12.6. The number of hydrogen-bond donors (Lipinski definition) is 1. The van der Waals surface area contributed by atoms with Crippen LogP contribution in [0.1, 0.15) is 52.8 Å². The second kappa shape index (κ2) is 8.37. The van der Waals surface area contributed by atoms with Gasteiger partial charge < -0.3 is 10.2 Å². The Hall–Kier alpha value is -2.33. The minimum absolute atomic E-state index is 0.122. The van der Waals surface area contributed by atoms with Crippen molar-refractivity contribution in [2.24, 2.45) is 0 Å². The van der Waals surface area contributed by atoms with Gasteiger partial charge in [0.2, 0.25) is 0 Å². The molecule has 2 aromatic carbocycles. The van der Waals surface area contributed by atoms with Crippen LogP contribution in [0.5, 0.6) is 0 Å². The van der Waals surface area contributed by atoms with E-state index in [-0.39, 0.29) is 17.9 Å². The second-order valence-corrected chi connectivity index (χ2v) is 7.13. The van der Waals surface area contributed by atoms with Crippen molar-refractivity contribution in [3.05, 3.63) is 64.7 Å². The molecular formula is C21H23ClN2O2. The van der Waals surface area contributed by atoms with E-state index in [2.05, 4.69) is 5.32 Å². The molecular weight excluding hydrogens is 348 g/mol. The van der Waals surface area contributed by atoms with Gasteiger partial charge in [-0.15, -0.1) is 0 Å². The number of para-hydroxylation sites is 1. The summed E-state index contributed by atoms with van der Waals surface area (Å²) in [7, 11) is 1.68. The van der Waals surface area contributed by atoms with Gasteiger partial charge in [-0.3, -0.25) is 9.59 Å². The first-order valence-corrected chi connectivity index (χ1v) is 9.37. The van der Waals surface area contributed by atoms with E-state index in [0.29, 0.717) is 21.8 Å². The largest absolute Gasteiger partial charge is 0.349 e. The summed E-state index contributed by atoms with van der Waals surface area (Å²) in [6.45, 7) is 0. The molecule has 0 unspecified atom stereocenters. The van der Waals surface area contributed by atoms with Gasteiger partial charge in [-0.2, -0.15) is 0 Å². The summed E-state index contributed by atoms with van der Waals surface area (Å²) in [5.41, 5.74) is 1.64. The summed E-state index contributed by atoms with van der Waals surface area (Å²) in [5, 5.41) is 3.70. The minimum atomic E-state index is -0.181. The molecule has 1 fully saturated rings. The van der Waals surface area contributed by atoms with E-state index in [1.54, 1.807) is 43.4 Å². The zero-order valence-electron chi connectivity index (χ0n) is 14.9. The maximum atomic E-state index is 12.8. The summed E-state index contributed by atoms with van der Waals surface area (Å²) < 4.78 is 0. The van der Waals surface area contributed by atoms with Gasteiger partial charge in [0.1, 0.15) is 0 Å². The van der Waals surface area contributed by atoms with Crippen LogP contribution >= 0.6 is 11.6 Å². The molecule has 5 heteroatoms. The highest BCUT2D eigenvalue weighted by Gasteiger charge is 2.22. The topological polar surface area (TPSA) is 49.4 Å². The number of rotatable bonds is 4. The summed E-state index contributed by atoms with van der Waals surface area (Å²) in [5.74, 6) is -0.303. The summed E-state index contributed by atoms with van der Waals surface area (Å²) in [6.07, 6.45) is 5.59. The number of nitrogens with one attached hydrogen (secondary N) is 1. The molecule has 1 aliphatic carbocycles. The third-order valence-corrected chi connectivity index (χ3v) is 5.10. The second-order valence-electron chi connectivity index (χ2n) is 6.70. The fraction of sp³-hybridized carbons (Fsp3) is 0.333. The van der Waals surface area contributed by atoms with Crippen molar-refractivity contribution >= 4 is 29.1 Å². The molecule has 0 heterocycles. The van der Waals surface area contributed by atoms with Crippen molar-refractivity contribution in [2.75, 3.05) is 11.9 Å². The quantitative estimate of drug-likeness (QED) is 0.849. The van der Waals surface area contributed by atoms with Gasteiger partial charge in [0.25, 0.3) is 11.8 Å². The standard InChI is InChI=1S/C21H23ClN2O2/c1-24(21(26)15-11-13-16(22)14-12-15)19-10-6-5-9-18(19)20(25)23-17-7-3-2-4-8-17/h5-6,9-14,17H,2-4,7-8H2,1H3,(H,23,25). The average Bonchev–Trinajstić information content (AvgIpc) is 2.68. The molecule has 136 valence electrons. The lowest BCUT2D eigenvalue weighted by Gasteiger charge is -2.25. The highest BCUT2D eigenvalue weighted by molar-refractivity contribution is 6.30. The van der Waals surface area contributed by atoms with Crippen molar-refractivity contribution in [3.63, 3.8) is 0 Å². The zero-order valence-corrected chi connectivity index (χ0v) is 15.6. The fourth-order valence-electron chi connectivity index (χ4n) is 3.36. The Morgan fingerprint density at radius 2 is 1.65 bits per heavy atom. The maximum absolute atomic E-state index is 12.8. The molecule has 4 nitrogen and oxygen atoms in total.